The van der Waals surface area contributed by atoms with Gasteiger partial charge in [-0.2, -0.15) is 4.31 Å². The zero-order chi connectivity index (χ0) is 29.9. The zero-order valence-corrected chi connectivity index (χ0v) is 25.2. The number of hydrogen-bond donors (Lipinski definition) is 0. The van der Waals surface area contributed by atoms with Gasteiger partial charge in [0.15, 0.2) is 0 Å². The fourth-order valence-corrected chi connectivity index (χ4v) is 7.81. The van der Waals surface area contributed by atoms with E-state index in [1.807, 2.05) is 44.2 Å². The fourth-order valence-electron chi connectivity index (χ4n) is 4.92. The van der Waals surface area contributed by atoms with Crippen molar-refractivity contribution < 1.29 is 21.6 Å². The zero-order valence-electron chi connectivity index (χ0n) is 23.5. The van der Waals surface area contributed by atoms with Crippen LogP contribution in [0.25, 0.3) is 0 Å². The Bertz CT molecular complexity index is 1770. The van der Waals surface area contributed by atoms with E-state index >= 15 is 0 Å². The molecule has 1 aliphatic heterocycles. The van der Waals surface area contributed by atoms with Crippen molar-refractivity contribution in [3.05, 3.63) is 125 Å². The molecule has 1 fully saturated rings. The van der Waals surface area contributed by atoms with Crippen LogP contribution in [0, 0.1) is 13.8 Å². The van der Waals surface area contributed by atoms with Crippen LogP contribution in [0.5, 0.6) is 0 Å². The van der Waals surface area contributed by atoms with Crippen LogP contribution in [-0.2, 0) is 26.6 Å². The molecule has 0 spiro atoms. The average molecular weight is 604 g/mol. The van der Waals surface area contributed by atoms with Crippen LogP contribution in [0.4, 0.5) is 5.69 Å². The highest BCUT2D eigenvalue weighted by atomic mass is 32.2. The second-order valence-electron chi connectivity index (χ2n) is 10.3. The van der Waals surface area contributed by atoms with Gasteiger partial charge in [-0.05, 0) is 55.8 Å². The van der Waals surface area contributed by atoms with E-state index in [0.29, 0.717) is 0 Å². The summed E-state index contributed by atoms with van der Waals surface area (Å²) in [7, 11) is -7.74. The predicted molar refractivity (Wildman–Crippen MR) is 163 cm³/mol. The smallest absolute Gasteiger partial charge is 0.264 e. The van der Waals surface area contributed by atoms with Crippen molar-refractivity contribution in [2.24, 2.45) is 0 Å². The molecule has 10 heteroatoms. The van der Waals surface area contributed by atoms with Gasteiger partial charge < -0.3 is 4.90 Å². The topological polar surface area (TPSA) is 95.1 Å². The van der Waals surface area contributed by atoms with E-state index in [0.717, 1.165) is 16.7 Å². The molecule has 1 heterocycles. The van der Waals surface area contributed by atoms with Gasteiger partial charge in [-0.1, -0.05) is 77.9 Å². The molecule has 1 aliphatic rings. The molecule has 218 valence electrons. The van der Waals surface area contributed by atoms with E-state index in [9.17, 15) is 21.6 Å². The normalized spacial score (nSPS) is 14.5. The summed E-state index contributed by atoms with van der Waals surface area (Å²) in [4.78, 5) is 15.8. The quantitative estimate of drug-likeness (QED) is 0.287. The first-order valence-corrected chi connectivity index (χ1v) is 16.5. The second kappa shape index (κ2) is 12.1. The highest BCUT2D eigenvalue weighted by molar-refractivity contribution is 7.92. The molecule has 0 bridgehead atoms. The molecule has 0 aromatic heterocycles. The standard InChI is InChI=1S/C32H33N3O5S2/c1-25-12-16-28(17-13-25)41(37,38)34-22-20-33(21-23-34)32(36)30-10-6-7-11-31(30)35(24-27-8-4-3-5-9-27)42(39,40)29-18-14-26(2)15-19-29/h3-19H,20-24H2,1-2H3. The van der Waals surface area contributed by atoms with Crippen molar-refractivity contribution in [1.29, 1.82) is 0 Å². The van der Waals surface area contributed by atoms with Crippen LogP contribution < -0.4 is 4.31 Å². The minimum atomic E-state index is -4.04. The van der Waals surface area contributed by atoms with Gasteiger partial charge in [-0.3, -0.25) is 9.10 Å². The molecule has 4 aromatic carbocycles. The summed E-state index contributed by atoms with van der Waals surface area (Å²) in [6.07, 6.45) is 0. The second-order valence-corrected chi connectivity index (χ2v) is 14.1. The van der Waals surface area contributed by atoms with Crippen LogP contribution in [0.15, 0.2) is 113 Å². The summed E-state index contributed by atoms with van der Waals surface area (Å²) in [5.74, 6) is -0.352. The van der Waals surface area contributed by atoms with E-state index < -0.39 is 20.0 Å². The van der Waals surface area contributed by atoms with Crippen molar-refractivity contribution in [1.82, 2.24) is 9.21 Å². The van der Waals surface area contributed by atoms with Crippen molar-refractivity contribution in [2.75, 3.05) is 30.5 Å². The molecule has 0 saturated carbocycles. The molecule has 5 rings (SSSR count). The first-order valence-electron chi connectivity index (χ1n) is 13.7. The number of hydrogen-bond acceptors (Lipinski definition) is 5. The molecule has 0 unspecified atom stereocenters. The number of rotatable bonds is 8. The Balaban J connectivity index is 1.44. The SMILES string of the molecule is Cc1ccc(S(=O)(=O)N2CCN(C(=O)c3ccccc3N(Cc3ccccc3)S(=O)(=O)c3ccc(C)cc3)CC2)cc1. The van der Waals surface area contributed by atoms with Crippen molar-refractivity contribution >= 4 is 31.6 Å². The first kappa shape index (κ1) is 29.5. The minimum absolute atomic E-state index is 0.0317. The number of benzene rings is 4. The number of piperazine rings is 1. The largest absolute Gasteiger partial charge is 0.336 e. The molecule has 0 atom stereocenters. The van der Waals surface area contributed by atoms with Crippen LogP contribution >= 0.6 is 0 Å². The van der Waals surface area contributed by atoms with Gasteiger partial charge in [0.1, 0.15) is 0 Å². The maximum Gasteiger partial charge on any atom is 0.264 e. The van der Waals surface area contributed by atoms with Gasteiger partial charge in [-0.25, -0.2) is 16.8 Å². The van der Waals surface area contributed by atoms with Gasteiger partial charge in [-0.15, -0.1) is 0 Å². The van der Waals surface area contributed by atoms with Crippen LogP contribution in [0.2, 0.25) is 0 Å². The summed E-state index contributed by atoms with van der Waals surface area (Å²) < 4.78 is 57.1. The summed E-state index contributed by atoms with van der Waals surface area (Å²) in [6.45, 7) is 4.45. The highest BCUT2D eigenvalue weighted by Crippen LogP contribution is 2.31. The molecule has 42 heavy (non-hydrogen) atoms. The number of amides is 1. The number of sulfonamides is 2. The van der Waals surface area contributed by atoms with Crippen LogP contribution in [-0.4, -0.2) is 58.1 Å². The summed E-state index contributed by atoms with van der Waals surface area (Å²) in [5, 5.41) is 0. The van der Waals surface area contributed by atoms with E-state index in [4.69, 9.17) is 0 Å². The van der Waals surface area contributed by atoms with Gasteiger partial charge in [0.25, 0.3) is 15.9 Å². The number of para-hydroxylation sites is 1. The summed E-state index contributed by atoms with van der Waals surface area (Å²) >= 11 is 0. The minimum Gasteiger partial charge on any atom is -0.336 e. The van der Waals surface area contributed by atoms with E-state index in [1.165, 1.54) is 8.61 Å². The van der Waals surface area contributed by atoms with E-state index in [-0.39, 0.29) is 59.7 Å². The third-order valence-corrected chi connectivity index (χ3v) is 11.1. The van der Waals surface area contributed by atoms with Gasteiger partial charge in [0.05, 0.1) is 27.6 Å². The Labute approximate surface area is 247 Å². The lowest BCUT2D eigenvalue weighted by atomic mass is 10.1. The summed E-state index contributed by atoms with van der Waals surface area (Å²) in [5.41, 5.74) is 3.17. The third kappa shape index (κ3) is 6.11. The molecular formula is C32H33N3O5S2. The Morgan fingerprint density at radius 3 is 1.79 bits per heavy atom. The Hall–Kier alpha value is -3.99. The predicted octanol–water partition coefficient (Wildman–Crippen LogP) is 4.85. The maximum atomic E-state index is 14.0. The van der Waals surface area contributed by atoms with Crippen molar-refractivity contribution in [2.45, 2.75) is 30.2 Å². The molecular weight excluding hydrogens is 571 g/mol. The molecule has 0 aliphatic carbocycles. The Morgan fingerprint density at radius 1 is 0.667 bits per heavy atom. The van der Waals surface area contributed by atoms with Crippen LogP contribution in [0.1, 0.15) is 27.0 Å². The Kier molecular flexibility index (Phi) is 8.49. The molecule has 0 N–H and O–H groups in total. The Morgan fingerprint density at radius 2 is 1.19 bits per heavy atom. The van der Waals surface area contributed by atoms with Crippen molar-refractivity contribution in [3.63, 3.8) is 0 Å². The number of carbonyl (C=O) groups is 1. The number of carbonyl (C=O) groups excluding carboxylic acids is 1. The molecule has 0 radical (unpaired) electrons. The maximum absolute atomic E-state index is 14.0. The lowest BCUT2D eigenvalue weighted by Crippen LogP contribution is -2.50. The van der Waals surface area contributed by atoms with E-state index in [2.05, 4.69) is 0 Å². The molecule has 8 nitrogen and oxygen atoms in total. The van der Waals surface area contributed by atoms with Gasteiger partial charge in [0, 0.05) is 26.2 Å². The van der Waals surface area contributed by atoms with Gasteiger partial charge in [0.2, 0.25) is 10.0 Å². The van der Waals surface area contributed by atoms with Crippen LogP contribution in [0.3, 0.4) is 0 Å². The fraction of sp³-hybridized carbons (Fsp3) is 0.219. The lowest BCUT2D eigenvalue weighted by Gasteiger charge is -2.35. The summed E-state index contributed by atoms with van der Waals surface area (Å²) in [6, 6.07) is 29.2. The molecule has 1 saturated heterocycles. The van der Waals surface area contributed by atoms with E-state index in [1.54, 1.807) is 77.7 Å². The highest BCUT2D eigenvalue weighted by Gasteiger charge is 2.33. The average Bonchev–Trinajstić information content (AvgIpc) is 3.00. The first-order chi connectivity index (χ1) is 20.1. The molecule has 4 aromatic rings. The number of nitrogens with zero attached hydrogens (tertiary/aromatic N) is 3. The van der Waals surface area contributed by atoms with Crippen molar-refractivity contribution in [3.8, 4) is 0 Å². The monoisotopic (exact) mass is 603 g/mol. The number of anilines is 1. The lowest BCUT2D eigenvalue weighted by molar-refractivity contribution is 0.0698. The number of aryl methyl sites for hydroxylation is 2. The van der Waals surface area contributed by atoms with Gasteiger partial charge >= 0.3 is 0 Å². The molecule has 1 amide bonds. The third-order valence-electron chi connectivity index (χ3n) is 7.37.